The maximum Gasteiger partial charge on any atom is 0.255 e. The number of hydrogen-bond donors (Lipinski definition) is 2. The summed E-state index contributed by atoms with van der Waals surface area (Å²) in [7, 11) is 0. The first-order valence-corrected chi connectivity index (χ1v) is 10.9. The van der Waals surface area contributed by atoms with E-state index in [1.165, 1.54) is 0 Å². The van der Waals surface area contributed by atoms with Crippen molar-refractivity contribution in [2.45, 2.75) is 19.9 Å². The lowest BCUT2D eigenvalue weighted by Crippen LogP contribution is -2.32. The summed E-state index contributed by atoms with van der Waals surface area (Å²) in [5.74, 6) is 0.827. The van der Waals surface area contributed by atoms with E-state index in [0.717, 1.165) is 22.4 Å². The molecular formula is C25H22ClN6O+. The van der Waals surface area contributed by atoms with E-state index >= 15 is 0 Å². The van der Waals surface area contributed by atoms with Crippen LogP contribution in [0.15, 0.2) is 84.3 Å². The SMILES string of the molecule is CC1=C(C(=O)Nc2ccccc2C)C(c2ccc[nH+]c2)n2nc(-c3ccccc3Cl)nc2N1. The van der Waals surface area contributed by atoms with Gasteiger partial charge in [0.05, 0.1) is 10.6 Å². The number of aryl methyl sites for hydroxylation is 1. The molecule has 0 fully saturated rings. The van der Waals surface area contributed by atoms with Crippen LogP contribution in [-0.2, 0) is 4.79 Å². The molecule has 8 heteroatoms. The fraction of sp³-hybridized carbons (Fsp3) is 0.120. The van der Waals surface area contributed by atoms with Gasteiger partial charge in [-0.15, -0.1) is 5.10 Å². The zero-order valence-electron chi connectivity index (χ0n) is 18.1. The van der Waals surface area contributed by atoms with Crippen molar-refractivity contribution in [2.24, 2.45) is 0 Å². The smallest absolute Gasteiger partial charge is 0.255 e. The normalized spacial score (nSPS) is 15.1. The van der Waals surface area contributed by atoms with Crippen molar-refractivity contribution in [3.63, 3.8) is 0 Å². The number of anilines is 2. The molecule has 0 radical (unpaired) electrons. The highest BCUT2D eigenvalue weighted by atomic mass is 35.5. The van der Waals surface area contributed by atoms with Gasteiger partial charge in [0.1, 0.15) is 6.04 Å². The number of aromatic nitrogens is 4. The number of pyridine rings is 1. The molecule has 3 N–H and O–H groups in total. The van der Waals surface area contributed by atoms with Crippen molar-refractivity contribution >= 4 is 29.1 Å². The molecule has 0 saturated heterocycles. The van der Waals surface area contributed by atoms with Crippen molar-refractivity contribution in [1.29, 1.82) is 0 Å². The Morgan fingerprint density at radius 2 is 1.88 bits per heavy atom. The quantitative estimate of drug-likeness (QED) is 0.467. The molecule has 1 aliphatic rings. The number of carbonyl (C=O) groups is 1. The van der Waals surface area contributed by atoms with Crippen LogP contribution in [0.3, 0.4) is 0 Å². The number of allylic oxidation sites excluding steroid dienone is 1. The average molecular weight is 458 g/mol. The summed E-state index contributed by atoms with van der Waals surface area (Å²) in [6.45, 7) is 3.84. The molecule has 1 unspecified atom stereocenters. The Labute approximate surface area is 196 Å². The number of rotatable bonds is 4. The Balaban J connectivity index is 1.61. The molecule has 164 valence electrons. The third kappa shape index (κ3) is 3.87. The first-order valence-electron chi connectivity index (χ1n) is 10.5. The molecule has 2 aromatic carbocycles. The van der Waals surface area contributed by atoms with Crippen molar-refractivity contribution in [3.8, 4) is 11.4 Å². The van der Waals surface area contributed by atoms with Gasteiger partial charge in [0, 0.05) is 28.6 Å². The van der Waals surface area contributed by atoms with E-state index in [-0.39, 0.29) is 5.91 Å². The van der Waals surface area contributed by atoms with Crippen molar-refractivity contribution in [3.05, 3.63) is 100 Å². The van der Waals surface area contributed by atoms with Crippen LogP contribution in [0.5, 0.6) is 0 Å². The number of benzene rings is 2. The second-order valence-corrected chi connectivity index (χ2v) is 8.26. The van der Waals surface area contributed by atoms with Gasteiger partial charge in [-0.05, 0) is 43.7 Å². The number of fused-ring (bicyclic) bond motifs is 1. The predicted octanol–water partition coefficient (Wildman–Crippen LogP) is 4.65. The molecule has 1 amide bonds. The Kier molecular flexibility index (Phi) is 5.40. The Morgan fingerprint density at radius 1 is 1.09 bits per heavy atom. The van der Waals surface area contributed by atoms with Gasteiger partial charge in [0.2, 0.25) is 5.95 Å². The minimum Gasteiger partial charge on any atom is -0.328 e. The van der Waals surface area contributed by atoms with Gasteiger partial charge in [-0.25, -0.2) is 9.67 Å². The molecular weight excluding hydrogens is 436 g/mol. The molecule has 33 heavy (non-hydrogen) atoms. The largest absolute Gasteiger partial charge is 0.328 e. The fourth-order valence-electron chi connectivity index (χ4n) is 3.99. The zero-order valence-corrected chi connectivity index (χ0v) is 18.9. The average Bonchev–Trinajstić information content (AvgIpc) is 3.23. The first-order chi connectivity index (χ1) is 16.0. The zero-order chi connectivity index (χ0) is 22.9. The highest BCUT2D eigenvalue weighted by Crippen LogP contribution is 2.37. The molecule has 0 aliphatic carbocycles. The van der Waals surface area contributed by atoms with Crippen LogP contribution >= 0.6 is 11.6 Å². The van der Waals surface area contributed by atoms with Gasteiger partial charge < -0.3 is 10.6 Å². The van der Waals surface area contributed by atoms with Gasteiger partial charge >= 0.3 is 0 Å². The number of H-pyrrole nitrogens is 1. The molecule has 2 aromatic heterocycles. The number of hydrogen-bond acceptors (Lipinski definition) is 4. The molecule has 0 bridgehead atoms. The molecule has 3 heterocycles. The maximum atomic E-state index is 13.6. The van der Waals surface area contributed by atoms with Crippen LogP contribution in [0.25, 0.3) is 11.4 Å². The summed E-state index contributed by atoms with van der Waals surface area (Å²) >= 11 is 6.40. The van der Waals surface area contributed by atoms with Gasteiger partial charge in [-0.1, -0.05) is 41.9 Å². The van der Waals surface area contributed by atoms with Gasteiger partial charge in [0.25, 0.3) is 5.91 Å². The molecule has 0 spiro atoms. The Morgan fingerprint density at radius 3 is 2.64 bits per heavy atom. The van der Waals surface area contributed by atoms with E-state index in [0.29, 0.717) is 28.1 Å². The van der Waals surface area contributed by atoms with Crippen LogP contribution < -0.4 is 15.6 Å². The lowest BCUT2D eigenvalue weighted by atomic mass is 9.96. The summed E-state index contributed by atoms with van der Waals surface area (Å²) < 4.78 is 1.74. The van der Waals surface area contributed by atoms with Crippen molar-refractivity contribution in [2.75, 3.05) is 10.6 Å². The van der Waals surface area contributed by atoms with E-state index in [4.69, 9.17) is 16.7 Å². The van der Waals surface area contributed by atoms with Gasteiger partial charge in [0.15, 0.2) is 18.2 Å². The summed E-state index contributed by atoms with van der Waals surface area (Å²) in [5, 5.41) is 11.6. The summed E-state index contributed by atoms with van der Waals surface area (Å²) in [6.07, 6.45) is 3.69. The highest BCUT2D eigenvalue weighted by molar-refractivity contribution is 6.33. The van der Waals surface area contributed by atoms with Gasteiger partial charge in [-0.2, -0.15) is 4.98 Å². The minimum atomic E-state index is -0.480. The molecule has 1 aliphatic heterocycles. The standard InChI is InChI=1S/C25H21ClN6O/c1-15-8-3-6-12-20(15)29-24(33)21-16(2)28-25-30-23(18-10-4-5-11-19(18)26)31-32(25)22(21)17-9-7-13-27-14-17/h3-14,22H,1-2H3,(H,29,33)(H,28,30,31)/p+1. The number of halogens is 1. The van der Waals surface area contributed by atoms with E-state index in [9.17, 15) is 4.79 Å². The highest BCUT2D eigenvalue weighted by Gasteiger charge is 2.35. The second kappa shape index (κ2) is 8.52. The lowest BCUT2D eigenvalue weighted by molar-refractivity contribution is -0.378. The minimum absolute atomic E-state index is 0.205. The molecule has 1 atom stereocenters. The fourth-order valence-corrected chi connectivity index (χ4v) is 4.21. The van der Waals surface area contributed by atoms with Crippen LogP contribution in [0, 0.1) is 6.92 Å². The van der Waals surface area contributed by atoms with Crippen molar-refractivity contribution in [1.82, 2.24) is 14.8 Å². The van der Waals surface area contributed by atoms with Crippen LogP contribution in [0.1, 0.15) is 24.1 Å². The van der Waals surface area contributed by atoms with Crippen LogP contribution in [0.4, 0.5) is 11.6 Å². The van der Waals surface area contributed by atoms with E-state index < -0.39 is 6.04 Å². The summed E-state index contributed by atoms with van der Waals surface area (Å²) in [4.78, 5) is 21.3. The monoisotopic (exact) mass is 457 g/mol. The Bertz CT molecular complexity index is 1380. The topological polar surface area (TPSA) is 86.0 Å². The number of nitrogens with zero attached hydrogens (tertiary/aromatic N) is 3. The predicted molar refractivity (Wildman–Crippen MR) is 128 cm³/mol. The van der Waals surface area contributed by atoms with E-state index in [1.807, 2.05) is 80.8 Å². The van der Waals surface area contributed by atoms with Gasteiger partial charge in [-0.3, -0.25) is 4.79 Å². The maximum absolute atomic E-state index is 13.6. The van der Waals surface area contributed by atoms with E-state index in [1.54, 1.807) is 10.7 Å². The number of amides is 1. The molecule has 5 rings (SSSR count). The van der Waals surface area contributed by atoms with Crippen molar-refractivity contribution < 1.29 is 9.78 Å². The number of carbonyl (C=O) groups excluding carboxylic acids is 1. The van der Waals surface area contributed by atoms with Crippen LogP contribution in [-0.4, -0.2) is 20.7 Å². The second-order valence-electron chi connectivity index (χ2n) is 7.86. The molecule has 7 nitrogen and oxygen atoms in total. The van der Waals surface area contributed by atoms with Crippen LogP contribution in [0.2, 0.25) is 5.02 Å². The number of nitrogens with one attached hydrogen (secondary N) is 3. The first kappa shape index (κ1) is 20.9. The molecule has 0 saturated carbocycles. The Hall–Kier alpha value is -3.97. The third-order valence-corrected chi connectivity index (χ3v) is 5.98. The molecule has 4 aromatic rings. The summed E-state index contributed by atoms with van der Waals surface area (Å²) in [6, 6.07) is 18.5. The van der Waals surface area contributed by atoms with E-state index in [2.05, 4.69) is 20.6 Å². The third-order valence-electron chi connectivity index (χ3n) is 5.65. The number of aromatic amines is 1. The lowest BCUT2D eigenvalue weighted by Gasteiger charge is -2.28. The summed E-state index contributed by atoms with van der Waals surface area (Å²) in [5.41, 5.74) is 4.62. The number of para-hydroxylation sites is 1.